The molecule has 0 spiro atoms. The first-order valence-corrected chi connectivity index (χ1v) is 8.10. The van der Waals surface area contributed by atoms with E-state index < -0.39 is 6.09 Å². The molecule has 2 bridgehead atoms. The minimum atomic E-state index is -0.787. The van der Waals surface area contributed by atoms with E-state index in [2.05, 4.69) is 19.9 Å². The fourth-order valence-electron chi connectivity index (χ4n) is 4.68. The van der Waals surface area contributed by atoms with Gasteiger partial charge >= 0.3 is 6.09 Å². The van der Waals surface area contributed by atoms with Gasteiger partial charge in [-0.15, -0.1) is 0 Å². The maximum absolute atomic E-state index is 11.7. The third-order valence-corrected chi connectivity index (χ3v) is 5.58. The van der Waals surface area contributed by atoms with Crippen molar-refractivity contribution in [3.63, 3.8) is 0 Å². The summed E-state index contributed by atoms with van der Waals surface area (Å²) in [5, 5.41) is 10.6. The Labute approximate surface area is 133 Å². The Kier molecular flexibility index (Phi) is 2.57. The number of fused-ring (bicyclic) bond motifs is 5. The second kappa shape index (κ2) is 4.53. The highest BCUT2D eigenvalue weighted by molar-refractivity contribution is 5.92. The Balaban J connectivity index is 1.67. The monoisotopic (exact) mass is 311 g/mol. The van der Waals surface area contributed by atoms with Crippen LogP contribution in [0.3, 0.4) is 0 Å². The van der Waals surface area contributed by atoms with E-state index in [1.54, 1.807) is 17.4 Å². The number of piperazine rings is 1. The molecule has 3 unspecified atom stereocenters. The van der Waals surface area contributed by atoms with Crippen LogP contribution in [0.15, 0.2) is 18.6 Å². The van der Waals surface area contributed by atoms with Crippen LogP contribution < -0.4 is 4.90 Å². The fourth-order valence-corrected chi connectivity index (χ4v) is 4.68. The number of pyridine rings is 1. The largest absolute Gasteiger partial charge is 0.465 e. The van der Waals surface area contributed by atoms with E-state index in [1.165, 1.54) is 0 Å². The number of amides is 1. The summed E-state index contributed by atoms with van der Waals surface area (Å²) in [5.41, 5.74) is 1.96. The summed E-state index contributed by atoms with van der Waals surface area (Å²) in [6.45, 7) is 0.716. The van der Waals surface area contributed by atoms with Gasteiger partial charge in [0.25, 0.3) is 0 Å². The van der Waals surface area contributed by atoms with Crippen LogP contribution >= 0.6 is 0 Å². The van der Waals surface area contributed by atoms with Gasteiger partial charge in [0.05, 0.1) is 34.7 Å². The molecule has 0 aliphatic carbocycles. The quantitative estimate of drug-likeness (QED) is 0.797. The maximum atomic E-state index is 11.7. The summed E-state index contributed by atoms with van der Waals surface area (Å²) < 4.78 is 0. The van der Waals surface area contributed by atoms with Gasteiger partial charge in [-0.1, -0.05) is 0 Å². The van der Waals surface area contributed by atoms with Gasteiger partial charge in [0.15, 0.2) is 0 Å². The summed E-state index contributed by atoms with van der Waals surface area (Å²) in [6, 6.07) is 2.23. The van der Waals surface area contributed by atoms with Gasteiger partial charge in [0.2, 0.25) is 0 Å². The Bertz CT molecular complexity index is 805. The van der Waals surface area contributed by atoms with Crippen LogP contribution in [0.1, 0.15) is 25.0 Å². The van der Waals surface area contributed by atoms with Crippen molar-refractivity contribution in [3.8, 4) is 0 Å². The molecule has 3 atom stereocenters. The van der Waals surface area contributed by atoms with E-state index in [1.807, 2.05) is 6.07 Å². The van der Waals surface area contributed by atoms with Gasteiger partial charge < -0.3 is 10.0 Å². The fraction of sp³-hybridized carbons (Fsp3) is 0.500. The number of aryl methyl sites for hydroxylation is 1. The molecule has 2 aromatic heterocycles. The second-order valence-corrected chi connectivity index (χ2v) is 6.60. The molecule has 1 amide bonds. The van der Waals surface area contributed by atoms with Gasteiger partial charge in [-0.3, -0.25) is 9.88 Å². The van der Waals surface area contributed by atoms with Gasteiger partial charge in [-0.05, 0) is 31.7 Å². The van der Waals surface area contributed by atoms with Gasteiger partial charge in [0.1, 0.15) is 12.1 Å². The van der Waals surface area contributed by atoms with Crippen molar-refractivity contribution in [2.45, 2.75) is 43.8 Å². The summed E-state index contributed by atoms with van der Waals surface area (Å²) in [7, 11) is 0. The van der Waals surface area contributed by atoms with E-state index in [0.717, 1.165) is 48.1 Å². The molecule has 118 valence electrons. The molecule has 2 fully saturated rings. The molecule has 7 heteroatoms. The zero-order valence-electron chi connectivity index (χ0n) is 12.6. The molecule has 23 heavy (non-hydrogen) atoms. The minimum Gasteiger partial charge on any atom is -0.465 e. The summed E-state index contributed by atoms with van der Waals surface area (Å²) in [5.74, 6) is 0.933. The van der Waals surface area contributed by atoms with Crippen molar-refractivity contribution >= 4 is 22.8 Å². The van der Waals surface area contributed by atoms with Gasteiger partial charge in [-0.25, -0.2) is 14.8 Å². The van der Waals surface area contributed by atoms with Crippen molar-refractivity contribution in [1.29, 1.82) is 0 Å². The standard InChI is InChI=1S/C16H17N5O2/c22-16(23)21-9-1-3-13(21)12-4-2-10-14-11(5-6-17-10)18-8-19-15(14)20(12)7-9/h5-6,8-9,12-13H,1-4,7H2,(H,22,23). The normalized spacial score (nSPS) is 28.6. The van der Waals surface area contributed by atoms with E-state index in [4.69, 9.17) is 0 Å². The number of carbonyl (C=O) groups is 1. The molecule has 2 saturated heterocycles. The number of aromatic nitrogens is 3. The number of anilines is 1. The van der Waals surface area contributed by atoms with Crippen molar-refractivity contribution in [1.82, 2.24) is 19.9 Å². The van der Waals surface area contributed by atoms with Crippen LogP contribution in [0.4, 0.5) is 10.6 Å². The average molecular weight is 311 g/mol. The Morgan fingerprint density at radius 1 is 1.17 bits per heavy atom. The molecule has 0 saturated carbocycles. The maximum Gasteiger partial charge on any atom is 0.407 e. The van der Waals surface area contributed by atoms with Crippen LogP contribution in [0.2, 0.25) is 0 Å². The van der Waals surface area contributed by atoms with Crippen LogP contribution in [0.5, 0.6) is 0 Å². The Morgan fingerprint density at radius 2 is 2.09 bits per heavy atom. The van der Waals surface area contributed by atoms with Crippen molar-refractivity contribution in [2.24, 2.45) is 0 Å². The van der Waals surface area contributed by atoms with Crippen molar-refractivity contribution < 1.29 is 9.90 Å². The van der Waals surface area contributed by atoms with E-state index in [9.17, 15) is 9.90 Å². The van der Waals surface area contributed by atoms with E-state index in [0.29, 0.717) is 6.54 Å². The zero-order chi connectivity index (χ0) is 15.6. The predicted molar refractivity (Wildman–Crippen MR) is 83.5 cm³/mol. The summed E-state index contributed by atoms with van der Waals surface area (Å²) in [6.07, 6.45) is 6.25. The third-order valence-electron chi connectivity index (χ3n) is 5.58. The molecule has 2 aromatic rings. The molecular weight excluding hydrogens is 294 g/mol. The van der Waals surface area contributed by atoms with Crippen molar-refractivity contribution in [3.05, 3.63) is 24.3 Å². The third kappa shape index (κ3) is 1.70. The highest BCUT2D eigenvalue weighted by Crippen LogP contribution is 2.41. The van der Waals surface area contributed by atoms with E-state index in [-0.39, 0.29) is 18.1 Å². The molecule has 5 heterocycles. The first-order valence-electron chi connectivity index (χ1n) is 8.10. The minimum absolute atomic E-state index is 0.0607. The molecule has 1 N–H and O–H groups in total. The number of rotatable bonds is 0. The van der Waals surface area contributed by atoms with Crippen LogP contribution in [-0.2, 0) is 6.42 Å². The van der Waals surface area contributed by atoms with Gasteiger partial charge in [0, 0.05) is 12.7 Å². The Hall–Kier alpha value is -2.44. The van der Waals surface area contributed by atoms with Crippen molar-refractivity contribution in [2.75, 3.05) is 11.4 Å². The zero-order valence-corrected chi connectivity index (χ0v) is 12.6. The lowest BCUT2D eigenvalue weighted by molar-refractivity contribution is 0.0997. The molecule has 5 rings (SSSR count). The van der Waals surface area contributed by atoms with E-state index >= 15 is 0 Å². The smallest absolute Gasteiger partial charge is 0.407 e. The molecule has 0 radical (unpaired) electrons. The predicted octanol–water partition coefficient (Wildman–Crippen LogP) is 1.67. The first-order chi connectivity index (χ1) is 11.2. The Morgan fingerprint density at radius 3 is 2.96 bits per heavy atom. The summed E-state index contributed by atoms with van der Waals surface area (Å²) >= 11 is 0. The first kappa shape index (κ1) is 13.0. The SMILES string of the molecule is O=C(O)N1C2CCC1C1CCc3nccc4ncnc(c34)N1C2. The molecule has 0 aromatic carbocycles. The molecule has 7 nitrogen and oxygen atoms in total. The number of hydrogen-bond acceptors (Lipinski definition) is 5. The highest BCUT2D eigenvalue weighted by Gasteiger charge is 2.49. The van der Waals surface area contributed by atoms with Gasteiger partial charge in [-0.2, -0.15) is 0 Å². The average Bonchev–Trinajstić information content (AvgIpc) is 2.79. The second-order valence-electron chi connectivity index (χ2n) is 6.60. The van der Waals surface area contributed by atoms with Crippen LogP contribution in [-0.4, -0.2) is 55.7 Å². The molecule has 3 aliphatic rings. The topological polar surface area (TPSA) is 82.4 Å². The lowest BCUT2D eigenvalue weighted by Crippen LogP contribution is -2.61. The molecule has 3 aliphatic heterocycles. The highest BCUT2D eigenvalue weighted by atomic mass is 16.4. The summed E-state index contributed by atoms with van der Waals surface area (Å²) in [4.78, 5) is 29.1. The number of carboxylic acid groups (broad SMARTS) is 1. The molecular formula is C16H17N5O2. The van der Waals surface area contributed by atoms with Crippen LogP contribution in [0, 0.1) is 0 Å². The number of nitrogens with zero attached hydrogens (tertiary/aromatic N) is 5. The van der Waals surface area contributed by atoms with Crippen LogP contribution in [0.25, 0.3) is 10.9 Å². The lowest BCUT2D eigenvalue weighted by Gasteiger charge is -2.46. The lowest BCUT2D eigenvalue weighted by atomic mass is 9.98. The number of hydrogen-bond donors (Lipinski definition) is 1.